The van der Waals surface area contributed by atoms with Gasteiger partial charge >= 0.3 is 0 Å². The highest BCUT2D eigenvalue weighted by Gasteiger charge is 2.12. The minimum atomic E-state index is -0.445. The van der Waals surface area contributed by atoms with E-state index in [1.54, 1.807) is 24.4 Å². The highest BCUT2D eigenvalue weighted by Crippen LogP contribution is 2.29. The van der Waals surface area contributed by atoms with Gasteiger partial charge in [0.25, 0.3) is 0 Å². The van der Waals surface area contributed by atoms with Crippen molar-refractivity contribution in [2.24, 2.45) is 5.73 Å². The number of aromatic nitrogens is 1. The molecule has 1 unspecified atom stereocenters. The van der Waals surface area contributed by atoms with Crippen molar-refractivity contribution in [3.05, 3.63) is 52.4 Å². The van der Waals surface area contributed by atoms with E-state index in [4.69, 9.17) is 10.5 Å². The second kappa shape index (κ2) is 5.46. The lowest BCUT2D eigenvalue weighted by Crippen LogP contribution is -2.07. The molecule has 2 rings (SSSR count). The third-order valence-electron chi connectivity index (χ3n) is 2.39. The minimum Gasteiger partial charge on any atom is -0.436 e. The monoisotopic (exact) mass is 310 g/mol. The van der Waals surface area contributed by atoms with Crippen LogP contribution in [0.25, 0.3) is 0 Å². The van der Waals surface area contributed by atoms with Crippen molar-refractivity contribution in [1.82, 2.24) is 4.98 Å². The lowest BCUT2D eigenvalue weighted by molar-refractivity contribution is 0.419. The van der Waals surface area contributed by atoms with Gasteiger partial charge in [-0.25, -0.2) is 9.37 Å². The number of hydrogen-bond acceptors (Lipinski definition) is 3. The number of halogens is 2. The van der Waals surface area contributed by atoms with E-state index in [0.717, 1.165) is 10.0 Å². The molecule has 5 heteroatoms. The summed E-state index contributed by atoms with van der Waals surface area (Å²) in [7, 11) is 0. The predicted molar refractivity (Wildman–Crippen MR) is 71.0 cm³/mol. The van der Waals surface area contributed by atoms with Crippen LogP contribution >= 0.6 is 15.9 Å². The molecule has 0 aliphatic rings. The summed E-state index contributed by atoms with van der Waals surface area (Å²) in [5.74, 6) is -0.00560. The molecule has 1 aromatic heterocycles. The Morgan fingerprint density at radius 3 is 2.89 bits per heavy atom. The van der Waals surface area contributed by atoms with Crippen LogP contribution in [0, 0.1) is 5.82 Å². The quantitative estimate of drug-likeness (QED) is 0.938. The SMILES string of the molecule is CC(N)c1cccnc1Oc1cc(Br)ccc1F. The van der Waals surface area contributed by atoms with Crippen LogP contribution in [0.3, 0.4) is 0 Å². The fourth-order valence-electron chi connectivity index (χ4n) is 1.49. The van der Waals surface area contributed by atoms with E-state index in [1.807, 2.05) is 13.0 Å². The Kier molecular flexibility index (Phi) is 3.93. The summed E-state index contributed by atoms with van der Waals surface area (Å²) in [6, 6.07) is 7.82. The lowest BCUT2D eigenvalue weighted by Gasteiger charge is -2.12. The molecule has 2 N–H and O–H groups in total. The number of nitrogens with zero attached hydrogens (tertiary/aromatic N) is 1. The number of hydrogen-bond donors (Lipinski definition) is 1. The first-order valence-electron chi connectivity index (χ1n) is 5.41. The molecule has 0 saturated carbocycles. The van der Waals surface area contributed by atoms with Crippen molar-refractivity contribution < 1.29 is 9.13 Å². The second-order valence-corrected chi connectivity index (χ2v) is 4.78. The van der Waals surface area contributed by atoms with Crippen LogP contribution in [0.2, 0.25) is 0 Å². The molecule has 0 aliphatic heterocycles. The Morgan fingerprint density at radius 2 is 2.17 bits per heavy atom. The van der Waals surface area contributed by atoms with E-state index in [2.05, 4.69) is 20.9 Å². The van der Waals surface area contributed by atoms with Gasteiger partial charge in [-0.1, -0.05) is 22.0 Å². The van der Waals surface area contributed by atoms with Crippen molar-refractivity contribution in [2.45, 2.75) is 13.0 Å². The van der Waals surface area contributed by atoms with E-state index < -0.39 is 5.82 Å². The smallest absolute Gasteiger partial charge is 0.224 e. The fraction of sp³-hybridized carbons (Fsp3) is 0.154. The lowest BCUT2D eigenvalue weighted by atomic mass is 10.1. The first kappa shape index (κ1) is 13.0. The van der Waals surface area contributed by atoms with Gasteiger partial charge in [0.05, 0.1) is 0 Å². The normalized spacial score (nSPS) is 12.2. The Hall–Kier alpha value is -1.46. The number of pyridine rings is 1. The molecule has 2 aromatic rings. The van der Waals surface area contributed by atoms with Crippen LogP contribution in [0.4, 0.5) is 4.39 Å². The highest BCUT2D eigenvalue weighted by molar-refractivity contribution is 9.10. The predicted octanol–water partition coefficient (Wildman–Crippen LogP) is 3.80. The van der Waals surface area contributed by atoms with Crippen LogP contribution in [-0.2, 0) is 0 Å². The Bertz CT molecular complexity index is 560. The minimum absolute atomic E-state index is 0.116. The number of rotatable bonds is 3. The van der Waals surface area contributed by atoms with Crippen LogP contribution < -0.4 is 10.5 Å². The Balaban J connectivity index is 2.37. The first-order chi connectivity index (χ1) is 8.58. The number of nitrogens with two attached hydrogens (primary N) is 1. The third-order valence-corrected chi connectivity index (χ3v) is 2.88. The maximum atomic E-state index is 13.6. The van der Waals surface area contributed by atoms with Crippen molar-refractivity contribution >= 4 is 15.9 Å². The maximum absolute atomic E-state index is 13.6. The Morgan fingerprint density at radius 1 is 1.39 bits per heavy atom. The second-order valence-electron chi connectivity index (χ2n) is 3.86. The zero-order chi connectivity index (χ0) is 13.1. The molecule has 1 aromatic carbocycles. The summed E-state index contributed by atoms with van der Waals surface area (Å²) in [5.41, 5.74) is 6.55. The summed E-state index contributed by atoms with van der Waals surface area (Å²) in [5, 5.41) is 0. The molecule has 0 saturated heterocycles. The zero-order valence-corrected chi connectivity index (χ0v) is 11.3. The van der Waals surface area contributed by atoms with Gasteiger partial charge in [0.1, 0.15) is 0 Å². The van der Waals surface area contributed by atoms with Gasteiger partial charge in [0.2, 0.25) is 5.88 Å². The van der Waals surface area contributed by atoms with E-state index in [1.165, 1.54) is 6.07 Å². The molecule has 1 atom stereocenters. The molecule has 18 heavy (non-hydrogen) atoms. The van der Waals surface area contributed by atoms with Gasteiger partial charge in [-0.05, 0) is 31.2 Å². The summed E-state index contributed by atoms with van der Waals surface area (Å²) in [6.45, 7) is 1.82. The van der Waals surface area contributed by atoms with Gasteiger partial charge < -0.3 is 10.5 Å². The third kappa shape index (κ3) is 2.86. The molecule has 0 radical (unpaired) electrons. The summed E-state index contributed by atoms with van der Waals surface area (Å²) >= 11 is 3.27. The zero-order valence-electron chi connectivity index (χ0n) is 9.73. The average molecular weight is 311 g/mol. The molecule has 1 heterocycles. The van der Waals surface area contributed by atoms with Crippen molar-refractivity contribution in [1.29, 1.82) is 0 Å². The molecule has 0 amide bonds. The van der Waals surface area contributed by atoms with Gasteiger partial charge in [-0.15, -0.1) is 0 Å². The summed E-state index contributed by atoms with van der Waals surface area (Å²) in [6.07, 6.45) is 1.58. The van der Waals surface area contributed by atoms with Crippen LogP contribution in [0.5, 0.6) is 11.6 Å². The van der Waals surface area contributed by atoms with Crippen molar-refractivity contribution in [2.75, 3.05) is 0 Å². The maximum Gasteiger partial charge on any atom is 0.224 e. The molecule has 0 aliphatic carbocycles. The van der Waals surface area contributed by atoms with Gasteiger partial charge in [0, 0.05) is 22.3 Å². The average Bonchev–Trinajstić information content (AvgIpc) is 2.34. The topological polar surface area (TPSA) is 48.1 Å². The highest BCUT2D eigenvalue weighted by atomic mass is 79.9. The van der Waals surface area contributed by atoms with Gasteiger partial charge in [-0.2, -0.15) is 0 Å². The van der Waals surface area contributed by atoms with Gasteiger partial charge in [-0.3, -0.25) is 0 Å². The van der Waals surface area contributed by atoms with Crippen LogP contribution in [0.15, 0.2) is 41.0 Å². The molecule has 0 bridgehead atoms. The molecule has 0 fully saturated rings. The van der Waals surface area contributed by atoms with E-state index in [0.29, 0.717) is 5.88 Å². The van der Waals surface area contributed by atoms with E-state index >= 15 is 0 Å². The summed E-state index contributed by atoms with van der Waals surface area (Å²) in [4.78, 5) is 4.08. The molecule has 0 spiro atoms. The van der Waals surface area contributed by atoms with E-state index in [-0.39, 0.29) is 11.8 Å². The first-order valence-corrected chi connectivity index (χ1v) is 6.20. The van der Waals surface area contributed by atoms with Crippen molar-refractivity contribution in [3.63, 3.8) is 0 Å². The molecule has 94 valence electrons. The van der Waals surface area contributed by atoms with Gasteiger partial charge in [0.15, 0.2) is 11.6 Å². The van der Waals surface area contributed by atoms with Crippen LogP contribution in [-0.4, -0.2) is 4.98 Å². The van der Waals surface area contributed by atoms with Crippen molar-refractivity contribution in [3.8, 4) is 11.6 Å². The Labute approximate surface area is 113 Å². The fourth-order valence-corrected chi connectivity index (χ4v) is 1.83. The molecular formula is C13H12BrFN2O. The number of benzene rings is 1. The standard InChI is InChI=1S/C13H12BrFN2O/c1-8(16)10-3-2-6-17-13(10)18-12-7-9(14)4-5-11(12)15/h2-8H,16H2,1H3. The molecule has 3 nitrogen and oxygen atoms in total. The molecular weight excluding hydrogens is 299 g/mol. The van der Waals surface area contributed by atoms with E-state index in [9.17, 15) is 4.39 Å². The largest absolute Gasteiger partial charge is 0.436 e. The van der Waals surface area contributed by atoms with Crippen LogP contribution in [0.1, 0.15) is 18.5 Å². The summed E-state index contributed by atoms with van der Waals surface area (Å²) < 4.78 is 19.8. The number of ether oxygens (including phenoxy) is 1.